The van der Waals surface area contributed by atoms with E-state index in [4.69, 9.17) is 10.2 Å². The molecule has 1 fully saturated rings. The third kappa shape index (κ3) is 1.67. The van der Waals surface area contributed by atoms with Gasteiger partial charge in [0.2, 0.25) is 5.89 Å². The lowest BCUT2D eigenvalue weighted by Gasteiger charge is -2.07. The van der Waals surface area contributed by atoms with Crippen LogP contribution < -0.4 is 5.73 Å². The molecule has 0 aliphatic carbocycles. The van der Waals surface area contributed by atoms with Crippen LogP contribution in [0.3, 0.4) is 0 Å². The van der Waals surface area contributed by atoms with Crippen LogP contribution in [0.2, 0.25) is 0 Å². The zero-order chi connectivity index (χ0) is 10.1. The largest absolute Gasteiger partial charge is 0.444 e. The minimum Gasteiger partial charge on any atom is -0.444 e. The Hall–Kier alpha value is -0.870. The molecular formula is C10H17N3O. The molecule has 0 spiro atoms. The van der Waals surface area contributed by atoms with Crippen LogP contribution in [0.1, 0.15) is 29.7 Å². The van der Waals surface area contributed by atoms with E-state index in [0.29, 0.717) is 18.4 Å². The van der Waals surface area contributed by atoms with Crippen LogP contribution in [-0.4, -0.2) is 30.0 Å². The van der Waals surface area contributed by atoms with Gasteiger partial charge in [-0.2, -0.15) is 0 Å². The molecule has 4 nitrogen and oxygen atoms in total. The Morgan fingerprint density at radius 3 is 2.93 bits per heavy atom. The van der Waals surface area contributed by atoms with E-state index in [2.05, 4.69) is 16.9 Å². The van der Waals surface area contributed by atoms with Gasteiger partial charge in [0.1, 0.15) is 5.76 Å². The monoisotopic (exact) mass is 195 g/mol. The zero-order valence-electron chi connectivity index (χ0n) is 8.79. The quantitative estimate of drug-likeness (QED) is 0.760. The lowest BCUT2D eigenvalue weighted by atomic mass is 10.0. The molecule has 1 aliphatic heterocycles. The molecule has 2 N–H and O–H groups in total. The van der Waals surface area contributed by atoms with Crippen LogP contribution >= 0.6 is 0 Å². The van der Waals surface area contributed by atoms with Gasteiger partial charge in [0.15, 0.2) is 0 Å². The number of rotatable bonds is 2. The summed E-state index contributed by atoms with van der Waals surface area (Å²) in [5.41, 5.74) is 6.60. The highest BCUT2D eigenvalue weighted by atomic mass is 16.4. The Labute approximate surface area is 84.1 Å². The van der Waals surface area contributed by atoms with E-state index < -0.39 is 0 Å². The first kappa shape index (κ1) is 9.68. The first-order chi connectivity index (χ1) is 6.70. The van der Waals surface area contributed by atoms with E-state index >= 15 is 0 Å². The molecule has 14 heavy (non-hydrogen) atoms. The van der Waals surface area contributed by atoms with E-state index in [1.54, 1.807) is 0 Å². The lowest BCUT2D eigenvalue weighted by Crippen LogP contribution is -2.13. The molecule has 1 atom stereocenters. The number of hydrogen-bond acceptors (Lipinski definition) is 4. The Morgan fingerprint density at radius 2 is 2.43 bits per heavy atom. The average molecular weight is 195 g/mol. The number of nitrogens with zero attached hydrogens (tertiary/aromatic N) is 2. The van der Waals surface area contributed by atoms with Gasteiger partial charge >= 0.3 is 0 Å². The number of hydrogen-bond donors (Lipinski definition) is 1. The summed E-state index contributed by atoms with van der Waals surface area (Å²) < 4.78 is 5.46. The molecule has 78 valence electrons. The van der Waals surface area contributed by atoms with Crippen LogP contribution in [0.5, 0.6) is 0 Å². The summed E-state index contributed by atoms with van der Waals surface area (Å²) in [5, 5.41) is 0. The van der Waals surface area contributed by atoms with Crippen molar-refractivity contribution in [1.82, 2.24) is 9.88 Å². The van der Waals surface area contributed by atoms with Crippen LogP contribution in [0.4, 0.5) is 0 Å². The van der Waals surface area contributed by atoms with Crippen molar-refractivity contribution in [3.05, 3.63) is 17.3 Å². The Kier molecular flexibility index (Phi) is 2.56. The Bertz CT molecular complexity index is 321. The molecule has 0 amide bonds. The van der Waals surface area contributed by atoms with Gasteiger partial charge in [-0.15, -0.1) is 0 Å². The maximum Gasteiger partial charge on any atom is 0.208 e. The number of likely N-dealkylation sites (tertiary alicyclic amines) is 1. The van der Waals surface area contributed by atoms with Crippen molar-refractivity contribution in [2.45, 2.75) is 25.8 Å². The summed E-state index contributed by atoms with van der Waals surface area (Å²) in [4.78, 5) is 6.75. The second-order valence-corrected chi connectivity index (χ2v) is 4.00. The number of aryl methyl sites for hydroxylation is 1. The van der Waals surface area contributed by atoms with Gasteiger partial charge < -0.3 is 15.1 Å². The Morgan fingerprint density at radius 1 is 1.64 bits per heavy atom. The van der Waals surface area contributed by atoms with Gasteiger partial charge in [0, 0.05) is 12.5 Å². The molecule has 1 unspecified atom stereocenters. The third-order valence-electron chi connectivity index (χ3n) is 2.83. The summed E-state index contributed by atoms with van der Waals surface area (Å²) in [6, 6.07) is 0. The van der Waals surface area contributed by atoms with Gasteiger partial charge in [-0.3, -0.25) is 0 Å². The normalized spacial score (nSPS) is 23.2. The topological polar surface area (TPSA) is 55.3 Å². The van der Waals surface area contributed by atoms with Crippen molar-refractivity contribution in [1.29, 1.82) is 0 Å². The fraction of sp³-hybridized carbons (Fsp3) is 0.700. The molecule has 1 aromatic rings. The minimum absolute atomic E-state index is 0.392. The van der Waals surface area contributed by atoms with Gasteiger partial charge in [0.25, 0.3) is 0 Å². The molecule has 4 heteroatoms. The van der Waals surface area contributed by atoms with Crippen LogP contribution in [0.15, 0.2) is 4.42 Å². The van der Waals surface area contributed by atoms with Crippen LogP contribution in [0.25, 0.3) is 0 Å². The standard InChI is InChI=1S/C10H17N3O/c1-7-10(12-9(5-11)14-7)8-3-4-13(2)6-8/h8H,3-6,11H2,1-2H3. The van der Waals surface area contributed by atoms with Crippen molar-refractivity contribution in [3.63, 3.8) is 0 Å². The summed E-state index contributed by atoms with van der Waals surface area (Å²) in [7, 11) is 2.14. The molecule has 2 heterocycles. The molecule has 0 radical (unpaired) electrons. The van der Waals surface area contributed by atoms with Crippen molar-refractivity contribution in [2.75, 3.05) is 20.1 Å². The van der Waals surface area contributed by atoms with Gasteiger partial charge in [-0.25, -0.2) is 4.98 Å². The van der Waals surface area contributed by atoms with Gasteiger partial charge in [-0.1, -0.05) is 0 Å². The average Bonchev–Trinajstić information content (AvgIpc) is 2.71. The number of oxazole rings is 1. The number of likely N-dealkylation sites (N-methyl/N-ethyl adjacent to an activating group) is 1. The second kappa shape index (κ2) is 3.71. The predicted octanol–water partition coefficient (Wildman–Crippen LogP) is 0.861. The summed E-state index contributed by atoms with van der Waals surface area (Å²) in [6.45, 7) is 4.59. The SMILES string of the molecule is Cc1oc(CN)nc1C1CCN(C)C1. The number of aromatic nitrogens is 1. The lowest BCUT2D eigenvalue weighted by molar-refractivity contribution is 0.410. The highest BCUT2D eigenvalue weighted by Gasteiger charge is 2.25. The summed E-state index contributed by atoms with van der Waals surface area (Å²) in [6.07, 6.45) is 1.17. The third-order valence-corrected chi connectivity index (χ3v) is 2.83. The smallest absolute Gasteiger partial charge is 0.208 e. The highest BCUT2D eigenvalue weighted by molar-refractivity contribution is 5.16. The fourth-order valence-corrected chi connectivity index (χ4v) is 2.09. The van der Waals surface area contributed by atoms with Gasteiger partial charge in [-0.05, 0) is 26.9 Å². The molecule has 2 rings (SSSR count). The van der Waals surface area contributed by atoms with E-state index in [0.717, 1.165) is 24.5 Å². The summed E-state index contributed by atoms with van der Waals surface area (Å²) >= 11 is 0. The molecule has 1 aliphatic rings. The van der Waals surface area contributed by atoms with Crippen molar-refractivity contribution in [2.24, 2.45) is 5.73 Å². The molecule has 1 saturated heterocycles. The maximum atomic E-state index is 5.49. The minimum atomic E-state index is 0.392. The van der Waals surface area contributed by atoms with E-state index in [1.807, 2.05) is 6.92 Å². The summed E-state index contributed by atoms with van der Waals surface area (Å²) in [5.74, 6) is 2.13. The first-order valence-corrected chi connectivity index (χ1v) is 5.05. The van der Waals surface area contributed by atoms with Crippen LogP contribution in [-0.2, 0) is 6.54 Å². The van der Waals surface area contributed by atoms with E-state index in [-0.39, 0.29) is 0 Å². The van der Waals surface area contributed by atoms with Crippen molar-refractivity contribution < 1.29 is 4.42 Å². The molecule has 0 bridgehead atoms. The highest BCUT2D eigenvalue weighted by Crippen LogP contribution is 2.28. The Balaban J connectivity index is 2.19. The number of nitrogens with two attached hydrogens (primary N) is 1. The van der Waals surface area contributed by atoms with E-state index in [9.17, 15) is 0 Å². The molecular weight excluding hydrogens is 178 g/mol. The van der Waals surface area contributed by atoms with Crippen LogP contribution in [0, 0.1) is 6.92 Å². The van der Waals surface area contributed by atoms with E-state index in [1.165, 1.54) is 6.42 Å². The predicted molar refractivity (Wildman–Crippen MR) is 54.0 cm³/mol. The van der Waals surface area contributed by atoms with Gasteiger partial charge in [0.05, 0.1) is 12.2 Å². The second-order valence-electron chi connectivity index (χ2n) is 4.00. The molecule has 0 aromatic carbocycles. The molecule has 0 saturated carbocycles. The maximum absolute atomic E-state index is 5.49. The molecule has 1 aromatic heterocycles. The van der Waals surface area contributed by atoms with Crippen molar-refractivity contribution in [3.8, 4) is 0 Å². The first-order valence-electron chi connectivity index (χ1n) is 5.05. The van der Waals surface area contributed by atoms with Crippen molar-refractivity contribution >= 4 is 0 Å². The fourth-order valence-electron chi connectivity index (χ4n) is 2.09. The zero-order valence-corrected chi connectivity index (χ0v) is 8.79.